The molecular formula is C9H18N6O. The van der Waals surface area contributed by atoms with E-state index in [1.807, 2.05) is 25.8 Å². The smallest absolute Gasteiger partial charge is 0.223 e. The Balaban J connectivity index is 3.08. The van der Waals surface area contributed by atoms with E-state index in [4.69, 9.17) is 11.6 Å². The number of aliphatic hydroxyl groups is 1. The highest BCUT2D eigenvalue weighted by Crippen LogP contribution is 2.22. The summed E-state index contributed by atoms with van der Waals surface area (Å²) in [4.78, 5) is 9.78. The van der Waals surface area contributed by atoms with Crippen LogP contribution in [0.15, 0.2) is 6.07 Å². The quantitative estimate of drug-likeness (QED) is 0.406. The van der Waals surface area contributed by atoms with Gasteiger partial charge in [-0.15, -0.1) is 0 Å². The number of nitrogens with one attached hydrogen (secondary N) is 1. The topological polar surface area (TPSA) is 113 Å². The monoisotopic (exact) mass is 226 g/mol. The van der Waals surface area contributed by atoms with Gasteiger partial charge in [0.05, 0.1) is 12.1 Å². The van der Waals surface area contributed by atoms with Crippen molar-refractivity contribution in [1.82, 2.24) is 9.97 Å². The first-order valence-corrected chi connectivity index (χ1v) is 4.86. The Hall–Kier alpha value is -1.60. The van der Waals surface area contributed by atoms with E-state index in [0.717, 1.165) is 0 Å². The Morgan fingerprint density at radius 2 is 2.12 bits per heavy atom. The molecule has 0 radical (unpaired) electrons. The van der Waals surface area contributed by atoms with Gasteiger partial charge < -0.3 is 21.2 Å². The van der Waals surface area contributed by atoms with Crippen molar-refractivity contribution in [3.8, 4) is 0 Å². The van der Waals surface area contributed by atoms with Crippen LogP contribution in [-0.4, -0.2) is 34.3 Å². The molecule has 0 bridgehead atoms. The van der Waals surface area contributed by atoms with Crippen LogP contribution in [0, 0.1) is 0 Å². The van der Waals surface area contributed by atoms with E-state index in [1.54, 1.807) is 6.07 Å². The zero-order valence-corrected chi connectivity index (χ0v) is 9.73. The lowest BCUT2D eigenvalue weighted by Crippen LogP contribution is -2.45. The van der Waals surface area contributed by atoms with E-state index in [-0.39, 0.29) is 12.6 Å². The van der Waals surface area contributed by atoms with Crippen molar-refractivity contribution in [3.63, 3.8) is 0 Å². The highest BCUT2D eigenvalue weighted by molar-refractivity contribution is 5.52. The highest BCUT2D eigenvalue weighted by atomic mass is 16.3. The maximum absolute atomic E-state index is 9.26. The summed E-state index contributed by atoms with van der Waals surface area (Å²) in [6, 6.07) is 1.66. The molecule has 0 saturated heterocycles. The van der Waals surface area contributed by atoms with Gasteiger partial charge in [-0.1, -0.05) is 0 Å². The standard InChI is InChI=1S/C9H18N6O/c1-9(2,5-16)15(3)7-4-6(14-11)12-8(10)13-7/h4,16H,5,11H2,1-3H3,(H3,10,12,13,14). The summed E-state index contributed by atoms with van der Waals surface area (Å²) in [5, 5.41) is 9.26. The number of hydrazine groups is 1. The molecule has 1 heterocycles. The molecule has 0 aliphatic heterocycles. The second-order valence-electron chi connectivity index (χ2n) is 4.14. The molecule has 90 valence electrons. The normalized spacial score (nSPS) is 11.3. The van der Waals surface area contributed by atoms with Gasteiger partial charge in [0.25, 0.3) is 0 Å². The van der Waals surface area contributed by atoms with Crippen LogP contribution in [0.4, 0.5) is 17.6 Å². The molecule has 0 aliphatic carbocycles. The second kappa shape index (κ2) is 4.50. The highest BCUT2D eigenvalue weighted by Gasteiger charge is 2.24. The Morgan fingerprint density at radius 1 is 1.50 bits per heavy atom. The Labute approximate surface area is 94.4 Å². The van der Waals surface area contributed by atoms with Gasteiger partial charge in [-0.05, 0) is 13.8 Å². The van der Waals surface area contributed by atoms with Crippen molar-refractivity contribution in [2.45, 2.75) is 19.4 Å². The number of hydrogen-bond donors (Lipinski definition) is 4. The van der Waals surface area contributed by atoms with Gasteiger partial charge >= 0.3 is 0 Å². The Morgan fingerprint density at radius 3 is 2.62 bits per heavy atom. The van der Waals surface area contributed by atoms with Crippen molar-refractivity contribution in [2.75, 3.05) is 29.7 Å². The molecule has 1 aromatic heterocycles. The average molecular weight is 226 g/mol. The summed E-state index contributed by atoms with van der Waals surface area (Å²) in [6.07, 6.45) is 0. The van der Waals surface area contributed by atoms with E-state index in [0.29, 0.717) is 11.6 Å². The second-order valence-corrected chi connectivity index (χ2v) is 4.14. The third kappa shape index (κ3) is 2.50. The lowest BCUT2D eigenvalue weighted by atomic mass is 10.1. The lowest BCUT2D eigenvalue weighted by Gasteiger charge is -2.34. The number of likely N-dealkylation sites (N-methyl/N-ethyl adjacent to an activating group) is 1. The maximum Gasteiger partial charge on any atom is 0.223 e. The first kappa shape index (κ1) is 12.5. The van der Waals surface area contributed by atoms with Crippen LogP contribution in [-0.2, 0) is 0 Å². The molecule has 0 atom stereocenters. The summed E-state index contributed by atoms with van der Waals surface area (Å²) >= 11 is 0. The van der Waals surface area contributed by atoms with Crippen molar-refractivity contribution in [1.29, 1.82) is 0 Å². The molecule has 1 aromatic rings. The maximum atomic E-state index is 9.26. The zero-order chi connectivity index (χ0) is 12.3. The first-order valence-electron chi connectivity index (χ1n) is 4.86. The van der Waals surface area contributed by atoms with Gasteiger partial charge in [0.1, 0.15) is 11.6 Å². The van der Waals surface area contributed by atoms with Gasteiger partial charge in [0, 0.05) is 13.1 Å². The largest absolute Gasteiger partial charge is 0.394 e. The molecule has 0 spiro atoms. The molecule has 7 heteroatoms. The third-order valence-electron chi connectivity index (χ3n) is 2.52. The van der Waals surface area contributed by atoms with Gasteiger partial charge in [-0.3, -0.25) is 0 Å². The fraction of sp³-hybridized carbons (Fsp3) is 0.556. The number of nitrogens with zero attached hydrogens (tertiary/aromatic N) is 3. The molecule has 1 rings (SSSR count). The summed E-state index contributed by atoms with van der Waals surface area (Å²) < 4.78 is 0. The van der Waals surface area contributed by atoms with Crippen molar-refractivity contribution in [2.24, 2.45) is 5.84 Å². The molecule has 6 N–H and O–H groups in total. The number of rotatable bonds is 4. The van der Waals surface area contributed by atoms with Crippen LogP contribution in [0.1, 0.15) is 13.8 Å². The Bertz CT molecular complexity index is 367. The number of hydrogen-bond acceptors (Lipinski definition) is 7. The fourth-order valence-electron chi connectivity index (χ4n) is 1.11. The SMILES string of the molecule is CN(c1cc(NN)nc(N)n1)C(C)(C)CO. The number of aromatic nitrogens is 2. The Kier molecular flexibility index (Phi) is 3.51. The predicted octanol–water partition coefficient (Wildman–Crippen LogP) is -0.448. The summed E-state index contributed by atoms with van der Waals surface area (Å²) in [5.74, 6) is 6.43. The summed E-state index contributed by atoms with van der Waals surface area (Å²) in [7, 11) is 1.82. The molecular weight excluding hydrogens is 208 g/mol. The zero-order valence-electron chi connectivity index (χ0n) is 9.73. The molecule has 0 fully saturated rings. The molecule has 0 amide bonds. The minimum absolute atomic E-state index is 0.00120. The summed E-state index contributed by atoms with van der Waals surface area (Å²) in [5.41, 5.74) is 7.52. The number of nitrogens with two attached hydrogens (primary N) is 2. The van der Waals surface area contributed by atoms with Crippen LogP contribution in [0.25, 0.3) is 0 Å². The van der Waals surface area contributed by atoms with Crippen LogP contribution in [0.3, 0.4) is 0 Å². The van der Waals surface area contributed by atoms with E-state index >= 15 is 0 Å². The molecule has 0 aromatic carbocycles. The lowest BCUT2D eigenvalue weighted by molar-refractivity contribution is 0.215. The van der Waals surface area contributed by atoms with Gasteiger partial charge in [0.2, 0.25) is 5.95 Å². The van der Waals surface area contributed by atoms with Crippen molar-refractivity contribution < 1.29 is 5.11 Å². The number of anilines is 3. The number of aliphatic hydroxyl groups excluding tert-OH is 1. The van der Waals surface area contributed by atoms with Crippen LogP contribution >= 0.6 is 0 Å². The molecule has 16 heavy (non-hydrogen) atoms. The van der Waals surface area contributed by atoms with Crippen molar-refractivity contribution in [3.05, 3.63) is 6.07 Å². The molecule has 0 aliphatic rings. The summed E-state index contributed by atoms with van der Waals surface area (Å²) in [6.45, 7) is 3.78. The van der Waals surface area contributed by atoms with E-state index < -0.39 is 5.54 Å². The fourth-order valence-corrected chi connectivity index (χ4v) is 1.11. The van der Waals surface area contributed by atoms with E-state index in [1.165, 1.54) is 0 Å². The minimum Gasteiger partial charge on any atom is -0.394 e. The van der Waals surface area contributed by atoms with Crippen LogP contribution in [0.5, 0.6) is 0 Å². The first-order chi connectivity index (χ1) is 7.40. The molecule has 0 saturated carbocycles. The minimum atomic E-state index is -0.438. The van der Waals surface area contributed by atoms with Crippen molar-refractivity contribution >= 4 is 17.6 Å². The van der Waals surface area contributed by atoms with Crippen LogP contribution in [0.2, 0.25) is 0 Å². The number of nitrogen functional groups attached to an aromatic ring is 2. The molecule has 7 nitrogen and oxygen atoms in total. The van der Waals surface area contributed by atoms with E-state index in [2.05, 4.69) is 15.4 Å². The van der Waals surface area contributed by atoms with Gasteiger partial charge in [-0.25, -0.2) is 5.84 Å². The average Bonchev–Trinajstić information content (AvgIpc) is 2.27. The molecule has 0 unspecified atom stereocenters. The van der Waals surface area contributed by atoms with E-state index in [9.17, 15) is 5.11 Å². The van der Waals surface area contributed by atoms with Gasteiger partial charge in [-0.2, -0.15) is 9.97 Å². The predicted molar refractivity (Wildman–Crippen MR) is 63.8 cm³/mol. The van der Waals surface area contributed by atoms with Gasteiger partial charge in [0.15, 0.2) is 0 Å². The van der Waals surface area contributed by atoms with Crippen LogP contribution < -0.4 is 21.9 Å². The third-order valence-corrected chi connectivity index (χ3v) is 2.52.